The van der Waals surface area contributed by atoms with Crippen LogP contribution in [-0.2, 0) is 9.59 Å². The zero-order chi connectivity index (χ0) is 12.0. The van der Waals surface area contributed by atoms with Crippen LogP contribution in [0.4, 0.5) is 5.82 Å². The maximum absolute atomic E-state index is 11.4. The van der Waals surface area contributed by atoms with E-state index in [9.17, 15) is 9.59 Å². The van der Waals surface area contributed by atoms with Gasteiger partial charge < -0.3 is 10.6 Å². The fraction of sp³-hybridized carbons (Fsp3) is 0.300. The van der Waals surface area contributed by atoms with Crippen LogP contribution in [0.15, 0.2) is 22.8 Å². The van der Waals surface area contributed by atoms with E-state index in [2.05, 4.69) is 31.5 Å². The van der Waals surface area contributed by atoms with Crippen LogP contribution in [-0.4, -0.2) is 23.3 Å². The second-order valence-corrected chi connectivity index (χ2v) is 3.87. The Hall–Kier alpha value is -1.43. The monoisotopic (exact) mass is 285 g/mol. The van der Waals surface area contributed by atoms with Gasteiger partial charge in [0.15, 0.2) is 0 Å². The topological polar surface area (TPSA) is 71.1 Å². The molecule has 5 nitrogen and oxygen atoms in total. The Kier molecular flexibility index (Phi) is 4.91. The van der Waals surface area contributed by atoms with Crippen LogP contribution >= 0.6 is 15.9 Å². The van der Waals surface area contributed by atoms with Gasteiger partial charge in [-0.15, -0.1) is 0 Å². The Bertz CT molecular complexity index is 395. The molecule has 0 saturated heterocycles. The van der Waals surface area contributed by atoms with Gasteiger partial charge in [-0.3, -0.25) is 9.59 Å². The summed E-state index contributed by atoms with van der Waals surface area (Å²) in [5.41, 5.74) is 0. The number of hydrogen-bond donors (Lipinski definition) is 2. The van der Waals surface area contributed by atoms with Crippen molar-refractivity contribution in [3.63, 3.8) is 0 Å². The quantitative estimate of drug-likeness (QED) is 0.650. The molecular formula is C10H12BrN3O2. The molecule has 0 fully saturated rings. The lowest BCUT2D eigenvalue weighted by Crippen LogP contribution is -2.35. The van der Waals surface area contributed by atoms with E-state index < -0.39 is 11.8 Å². The van der Waals surface area contributed by atoms with E-state index in [1.165, 1.54) is 0 Å². The van der Waals surface area contributed by atoms with Crippen LogP contribution in [0.3, 0.4) is 0 Å². The molecule has 0 unspecified atom stereocenters. The molecule has 2 amide bonds. The zero-order valence-electron chi connectivity index (χ0n) is 8.79. The standard InChI is InChI=1S/C10H12BrN3O2/c1-2-6-12-9(15)10(16)14-8-5-3-4-7(11)13-8/h3-5H,2,6H2,1H3,(H,12,15)(H,13,14,16). The molecule has 0 aliphatic carbocycles. The molecule has 0 spiro atoms. The van der Waals surface area contributed by atoms with Crippen molar-refractivity contribution in [2.45, 2.75) is 13.3 Å². The number of pyridine rings is 1. The highest BCUT2D eigenvalue weighted by Gasteiger charge is 2.12. The van der Waals surface area contributed by atoms with Crippen LogP contribution in [0, 0.1) is 0 Å². The molecule has 2 N–H and O–H groups in total. The lowest BCUT2D eigenvalue weighted by molar-refractivity contribution is -0.136. The van der Waals surface area contributed by atoms with Crippen molar-refractivity contribution in [1.82, 2.24) is 10.3 Å². The lowest BCUT2D eigenvalue weighted by Gasteiger charge is -2.04. The fourth-order valence-electron chi connectivity index (χ4n) is 0.970. The first kappa shape index (κ1) is 12.6. The normalized spacial score (nSPS) is 9.62. The summed E-state index contributed by atoms with van der Waals surface area (Å²) in [6.07, 6.45) is 0.786. The smallest absolute Gasteiger partial charge is 0.314 e. The number of anilines is 1. The zero-order valence-corrected chi connectivity index (χ0v) is 10.4. The summed E-state index contributed by atoms with van der Waals surface area (Å²) < 4.78 is 0.597. The number of carbonyl (C=O) groups excluding carboxylic acids is 2. The van der Waals surface area contributed by atoms with Crippen LogP contribution in [0.25, 0.3) is 0 Å². The Labute approximate surface area is 102 Å². The minimum atomic E-state index is -0.709. The summed E-state index contributed by atoms with van der Waals surface area (Å²) in [4.78, 5) is 26.6. The third kappa shape index (κ3) is 3.98. The Morgan fingerprint density at radius 1 is 1.38 bits per heavy atom. The number of nitrogens with zero attached hydrogens (tertiary/aromatic N) is 1. The summed E-state index contributed by atoms with van der Waals surface area (Å²) >= 11 is 3.17. The fourth-order valence-corrected chi connectivity index (χ4v) is 1.31. The summed E-state index contributed by atoms with van der Waals surface area (Å²) in [6.45, 7) is 2.40. The second-order valence-electron chi connectivity index (χ2n) is 3.06. The molecule has 0 radical (unpaired) electrons. The van der Waals surface area contributed by atoms with Crippen molar-refractivity contribution in [3.05, 3.63) is 22.8 Å². The van der Waals surface area contributed by atoms with E-state index in [1.54, 1.807) is 18.2 Å². The minimum Gasteiger partial charge on any atom is -0.348 e. The second kappa shape index (κ2) is 6.22. The van der Waals surface area contributed by atoms with Crippen LogP contribution < -0.4 is 10.6 Å². The molecule has 0 aliphatic heterocycles. The van der Waals surface area contributed by atoms with Crippen LogP contribution in [0.1, 0.15) is 13.3 Å². The molecule has 16 heavy (non-hydrogen) atoms. The first-order valence-electron chi connectivity index (χ1n) is 4.85. The van der Waals surface area contributed by atoms with Gasteiger partial charge in [-0.2, -0.15) is 0 Å². The summed E-state index contributed by atoms with van der Waals surface area (Å²) in [5.74, 6) is -1.02. The molecule has 0 aromatic carbocycles. The highest BCUT2D eigenvalue weighted by Crippen LogP contribution is 2.09. The average Bonchev–Trinajstić information content (AvgIpc) is 2.25. The van der Waals surface area contributed by atoms with Crippen molar-refractivity contribution >= 4 is 33.6 Å². The number of carbonyl (C=O) groups is 2. The van der Waals surface area contributed by atoms with Crippen molar-refractivity contribution in [2.24, 2.45) is 0 Å². The maximum Gasteiger partial charge on any atom is 0.314 e. The number of rotatable bonds is 3. The summed E-state index contributed by atoms with van der Waals surface area (Å²) in [5, 5.41) is 4.88. The predicted molar refractivity (Wildman–Crippen MR) is 63.9 cm³/mol. The highest BCUT2D eigenvalue weighted by atomic mass is 79.9. The van der Waals surface area contributed by atoms with E-state index >= 15 is 0 Å². The number of hydrogen-bond acceptors (Lipinski definition) is 3. The van der Waals surface area contributed by atoms with E-state index in [0.29, 0.717) is 17.0 Å². The van der Waals surface area contributed by atoms with Crippen LogP contribution in [0.5, 0.6) is 0 Å². The number of aromatic nitrogens is 1. The first-order chi connectivity index (χ1) is 7.63. The predicted octanol–water partition coefficient (Wildman–Crippen LogP) is 1.31. The Morgan fingerprint density at radius 2 is 2.12 bits per heavy atom. The van der Waals surface area contributed by atoms with Gasteiger partial charge in [-0.1, -0.05) is 13.0 Å². The molecule has 1 aromatic rings. The van der Waals surface area contributed by atoms with E-state index in [1.807, 2.05) is 6.92 Å². The Balaban J connectivity index is 2.54. The highest BCUT2D eigenvalue weighted by molar-refractivity contribution is 9.10. The summed E-state index contributed by atoms with van der Waals surface area (Å²) in [6, 6.07) is 5.05. The Morgan fingerprint density at radius 3 is 2.75 bits per heavy atom. The number of halogens is 1. The molecular weight excluding hydrogens is 274 g/mol. The molecule has 1 rings (SSSR count). The molecule has 1 heterocycles. The molecule has 0 aliphatic rings. The van der Waals surface area contributed by atoms with Gasteiger partial charge in [-0.05, 0) is 34.5 Å². The van der Waals surface area contributed by atoms with Gasteiger partial charge in [0.2, 0.25) is 0 Å². The minimum absolute atomic E-state index is 0.339. The third-order valence-electron chi connectivity index (χ3n) is 1.70. The molecule has 0 saturated carbocycles. The van der Waals surface area contributed by atoms with E-state index in [4.69, 9.17) is 0 Å². The van der Waals surface area contributed by atoms with Crippen molar-refractivity contribution in [3.8, 4) is 0 Å². The van der Waals surface area contributed by atoms with Gasteiger partial charge in [0.1, 0.15) is 10.4 Å². The first-order valence-corrected chi connectivity index (χ1v) is 5.64. The third-order valence-corrected chi connectivity index (χ3v) is 2.14. The van der Waals surface area contributed by atoms with Crippen molar-refractivity contribution in [2.75, 3.05) is 11.9 Å². The molecule has 1 aromatic heterocycles. The SMILES string of the molecule is CCCNC(=O)C(=O)Nc1cccc(Br)n1. The summed E-state index contributed by atoms with van der Waals surface area (Å²) in [7, 11) is 0. The van der Waals surface area contributed by atoms with Gasteiger partial charge in [-0.25, -0.2) is 4.98 Å². The van der Waals surface area contributed by atoms with E-state index in [0.717, 1.165) is 6.42 Å². The number of amides is 2. The van der Waals surface area contributed by atoms with E-state index in [-0.39, 0.29) is 0 Å². The van der Waals surface area contributed by atoms with Crippen LogP contribution in [0.2, 0.25) is 0 Å². The van der Waals surface area contributed by atoms with Gasteiger partial charge in [0.25, 0.3) is 0 Å². The van der Waals surface area contributed by atoms with Crippen molar-refractivity contribution < 1.29 is 9.59 Å². The molecule has 86 valence electrons. The van der Waals surface area contributed by atoms with Gasteiger partial charge in [0, 0.05) is 6.54 Å². The lowest BCUT2D eigenvalue weighted by atomic mass is 10.4. The maximum atomic E-state index is 11.4. The van der Waals surface area contributed by atoms with Gasteiger partial charge in [0.05, 0.1) is 0 Å². The molecule has 0 atom stereocenters. The van der Waals surface area contributed by atoms with Gasteiger partial charge >= 0.3 is 11.8 Å². The average molecular weight is 286 g/mol. The van der Waals surface area contributed by atoms with Crippen molar-refractivity contribution in [1.29, 1.82) is 0 Å². The largest absolute Gasteiger partial charge is 0.348 e. The molecule has 0 bridgehead atoms. The number of nitrogens with one attached hydrogen (secondary N) is 2. The molecule has 6 heteroatoms.